The van der Waals surface area contributed by atoms with Gasteiger partial charge in [0.25, 0.3) is 0 Å². The van der Waals surface area contributed by atoms with Gasteiger partial charge in [-0.2, -0.15) is 0 Å². The van der Waals surface area contributed by atoms with Crippen molar-refractivity contribution in [1.29, 1.82) is 0 Å². The van der Waals surface area contributed by atoms with Gasteiger partial charge in [0.15, 0.2) is 0 Å². The minimum absolute atomic E-state index is 0.0623. The van der Waals surface area contributed by atoms with Gasteiger partial charge in [-0.1, -0.05) is 33.1 Å². The molecule has 5 aliphatic rings. The van der Waals surface area contributed by atoms with Gasteiger partial charge in [-0.15, -0.1) is 0 Å². The molecule has 0 aliphatic heterocycles. The first-order valence-electron chi connectivity index (χ1n) is 15.4. The molecule has 5 fully saturated rings. The summed E-state index contributed by atoms with van der Waals surface area (Å²) in [5.74, 6) is -0.155. The van der Waals surface area contributed by atoms with E-state index in [0.29, 0.717) is 41.7 Å². The standard InChI is InChI=1S/C33H37I3O7S/c1-18(2)24-11-23(12-25(29(24)44(39,40)41)21-6-4-3-5-7-21)42-31(38)32-13-19-8-20(14-32)16-33(15-19,17-32)43-30(37)26-9-22(34)10-27(35)28(26)36/h9-12,18-21H,3-8,13-17H2,1-2H3,(H,39,40,41)/p-1. The number of ether oxygens (including phenoxy) is 2. The molecule has 0 N–H and O–H groups in total. The Kier molecular flexibility index (Phi) is 9.48. The third-order valence-corrected chi connectivity index (χ3v) is 14.8. The Balaban J connectivity index is 1.31. The Morgan fingerprint density at radius 1 is 0.955 bits per heavy atom. The summed E-state index contributed by atoms with van der Waals surface area (Å²) in [6.07, 6.45) is 8.96. The zero-order chi connectivity index (χ0) is 31.6. The van der Waals surface area contributed by atoms with E-state index >= 15 is 0 Å². The summed E-state index contributed by atoms with van der Waals surface area (Å²) in [6.45, 7) is 3.71. The van der Waals surface area contributed by atoms with Gasteiger partial charge < -0.3 is 14.0 Å². The van der Waals surface area contributed by atoms with Crippen LogP contribution in [-0.4, -0.2) is 30.5 Å². The van der Waals surface area contributed by atoms with Gasteiger partial charge in [0, 0.05) is 17.1 Å². The van der Waals surface area contributed by atoms with Crippen molar-refractivity contribution in [2.24, 2.45) is 17.3 Å². The molecular weight excluding hydrogens is 921 g/mol. The molecule has 5 saturated carbocycles. The number of carbonyl (C=O) groups is 2. The highest BCUT2D eigenvalue weighted by atomic mass is 127. The second-order valence-electron chi connectivity index (χ2n) is 13.8. The van der Waals surface area contributed by atoms with E-state index in [1.165, 1.54) is 0 Å². The number of rotatable bonds is 7. The lowest BCUT2D eigenvalue weighted by Crippen LogP contribution is -2.60. The number of carbonyl (C=O) groups excluding carboxylic acids is 2. The van der Waals surface area contributed by atoms with Crippen molar-refractivity contribution in [2.75, 3.05) is 0 Å². The highest BCUT2D eigenvalue weighted by molar-refractivity contribution is 14.1. The second-order valence-corrected chi connectivity index (χ2v) is 18.6. The van der Waals surface area contributed by atoms with E-state index in [4.69, 9.17) is 9.47 Å². The number of esters is 2. The van der Waals surface area contributed by atoms with E-state index in [2.05, 4.69) is 67.8 Å². The van der Waals surface area contributed by atoms with E-state index in [1.54, 1.807) is 12.1 Å². The summed E-state index contributed by atoms with van der Waals surface area (Å²) in [4.78, 5) is 27.7. The molecule has 0 aromatic heterocycles. The molecule has 0 saturated heterocycles. The monoisotopic (exact) mass is 957 g/mol. The maximum absolute atomic E-state index is 14.2. The van der Waals surface area contributed by atoms with Crippen molar-refractivity contribution in [1.82, 2.24) is 0 Å². The fraction of sp³-hybridized carbons (Fsp3) is 0.576. The highest BCUT2D eigenvalue weighted by Gasteiger charge is 2.63. The van der Waals surface area contributed by atoms with Crippen molar-refractivity contribution >= 4 is 89.8 Å². The van der Waals surface area contributed by atoms with Gasteiger partial charge in [-0.3, -0.25) is 4.79 Å². The van der Waals surface area contributed by atoms with E-state index < -0.39 is 21.1 Å². The molecule has 0 spiro atoms. The van der Waals surface area contributed by atoms with Crippen molar-refractivity contribution in [3.05, 3.63) is 51.7 Å². The molecule has 0 heterocycles. The molecule has 7 rings (SSSR count). The molecule has 5 aliphatic carbocycles. The molecular formula is C33H36I3O7S-. The van der Waals surface area contributed by atoms with Crippen molar-refractivity contribution < 1.29 is 32.0 Å². The lowest BCUT2D eigenvalue weighted by molar-refractivity contribution is -0.189. The largest absolute Gasteiger partial charge is 0.744 e. The molecule has 2 aromatic rings. The molecule has 0 radical (unpaired) electrons. The minimum Gasteiger partial charge on any atom is -0.744 e. The predicted octanol–water partition coefficient (Wildman–Crippen LogP) is 8.68. The van der Waals surface area contributed by atoms with Gasteiger partial charge in [-0.25, -0.2) is 13.2 Å². The molecule has 0 amide bonds. The summed E-state index contributed by atoms with van der Waals surface area (Å²) >= 11 is 6.64. The second kappa shape index (κ2) is 12.5. The van der Waals surface area contributed by atoms with Crippen LogP contribution in [0.5, 0.6) is 5.75 Å². The normalized spacial score (nSPS) is 28.3. The topological polar surface area (TPSA) is 110 Å². The predicted molar refractivity (Wildman–Crippen MR) is 190 cm³/mol. The fourth-order valence-electron chi connectivity index (χ4n) is 8.85. The number of hydrogen-bond donors (Lipinski definition) is 0. The SMILES string of the molecule is CC(C)c1cc(OC(=O)C23CC4CC(CC(OC(=O)c5cc(I)cc(I)c5I)(C4)C2)C3)cc(C2CCCCC2)c1S(=O)(=O)[O-]. The lowest BCUT2D eigenvalue weighted by atomic mass is 9.48. The summed E-state index contributed by atoms with van der Waals surface area (Å²) in [5.41, 5.74) is -0.0371. The number of hydrogen-bond acceptors (Lipinski definition) is 7. The van der Waals surface area contributed by atoms with Crippen LogP contribution in [0, 0.1) is 28.0 Å². The van der Waals surface area contributed by atoms with E-state index in [1.807, 2.05) is 26.0 Å². The van der Waals surface area contributed by atoms with Gasteiger partial charge in [0.2, 0.25) is 0 Å². The van der Waals surface area contributed by atoms with Gasteiger partial charge in [0.05, 0.1) is 15.9 Å². The minimum atomic E-state index is -4.73. The van der Waals surface area contributed by atoms with Crippen LogP contribution in [0.2, 0.25) is 0 Å². The number of benzene rings is 2. The average molecular weight is 957 g/mol. The molecule has 238 valence electrons. The molecule has 4 bridgehead atoms. The average Bonchev–Trinajstić information content (AvgIpc) is 2.93. The van der Waals surface area contributed by atoms with Crippen LogP contribution in [0.4, 0.5) is 0 Å². The first-order chi connectivity index (χ1) is 20.7. The Morgan fingerprint density at radius 2 is 1.61 bits per heavy atom. The van der Waals surface area contributed by atoms with Crippen LogP contribution < -0.4 is 4.74 Å². The summed E-state index contributed by atoms with van der Waals surface area (Å²) < 4.78 is 53.1. The first kappa shape index (κ1) is 33.4. The third kappa shape index (κ3) is 6.47. The Hall–Kier alpha value is -0.520. The van der Waals surface area contributed by atoms with Gasteiger partial charge in [0.1, 0.15) is 21.5 Å². The molecule has 11 heteroatoms. The zero-order valence-corrected chi connectivity index (χ0v) is 32.1. The third-order valence-electron chi connectivity index (χ3n) is 10.2. The lowest BCUT2D eigenvalue weighted by Gasteiger charge is -2.59. The zero-order valence-electron chi connectivity index (χ0n) is 24.8. The maximum atomic E-state index is 14.2. The summed E-state index contributed by atoms with van der Waals surface area (Å²) in [7, 11) is -4.73. The van der Waals surface area contributed by atoms with E-state index in [0.717, 1.165) is 62.1 Å². The molecule has 44 heavy (non-hydrogen) atoms. The van der Waals surface area contributed by atoms with Crippen LogP contribution in [0.1, 0.15) is 118 Å². The van der Waals surface area contributed by atoms with Crippen molar-refractivity contribution in [2.45, 2.75) is 107 Å². The Labute approximate surface area is 300 Å². The number of halogens is 3. The van der Waals surface area contributed by atoms with Crippen molar-refractivity contribution in [3.8, 4) is 5.75 Å². The fourth-order valence-corrected chi connectivity index (χ4v) is 12.3. The van der Waals surface area contributed by atoms with Crippen LogP contribution >= 0.6 is 67.8 Å². The molecule has 7 nitrogen and oxygen atoms in total. The summed E-state index contributed by atoms with van der Waals surface area (Å²) in [5, 5.41) is 0. The summed E-state index contributed by atoms with van der Waals surface area (Å²) in [6, 6.07) is 7.11. The first-order valence-corrected chi connectivity index (χ1v) is 20.1. The van der Waals surface area contributed by atoms with Gasteiger partial charge in [-0.05, 0) is 172 Å². The molecule has 2 atom stereocenters. The van der Waals surface area contributed by atoms with Gasteiger partial charge >= 0.3 is 11.9 Å². The van der Waals surface area contributed by atoms with Crippen LogP contribution in [0.3, 0.4) is 0 Å². The van der Waals surface area contributed by atoms with E-state index in [-0.39, 0.29) is 40.5 Å². The molecule has 2 aromatic carbocycles. The highest BCUT2D eigenvalue weighted by Crippen LogP contribution is 2.63. The quantitative estimate of drug-likeness (QED) is 0.0899. The van der Waals surface area contributed by atoms with Crippen LogP contribution in [0.25, 0.3) is 0 Å². The van der Waals surface area contributed by atoms with E-state index in [9.17, 15) is 22.6 Å². The maximum Gasteiger partial charge on any atom is 0.339 e. The van der Waals surface area contributed by atoms with Crippen LogP contribution in [0.15, 0.2) is 29.2 Å². The van der Waals surface area contributed by atoms with Crippen LogP contribution in [-0.2, 0) is 19.6 Å². The van der Waals surface area contributed by atoms with Crippen molar-refractivity contribution in [3.63, 3.8) is 0 Å². The molecule has 2 unspecified atom stereocenters. The Bertz CT molecular complexity index is 1600. The Morgan fingerprint density at radius 3 is 2.23 bits per heavy atom. The smallest absolute Gasteiger partial charge is 0.339 e.